The first-order valence-corrected chi connectivity index (χ1v) is 9.97. The van der Waals surface area contributed by atoms with E-state index in [1.54, 1.807) is 7.11 Å². The summed E-state index contributed by atoms with van der Waals surface area (Å²) in [6.07, 6.45) is 4.04. The van der Waals surface area contributed by atoms with Crippen molar-refractivity contribution in [2.75, 3.05) is 19.0 Å². The molecule has 1 aromatic heterocycles. The Hall–Kier alpha value is -3.28. The summed E-state index contributed by atoms with van der Waals surface area (Å²) in [6.45, 7) is 0.482. The van der Waals surface area contributed by atoms with Gasteiger partial charge < -0.3 is 14.8 Å². The number of hydrogen-bond donors (Lipinski definition) is 1. The average Bonchev–Trinajstić information content (AvgIpc) is 3.35. The lowest BCUT2D eigenvalue weighted by Crippen LogP contribution is -2.16. The van der Waals surface area contributed by atoms with Crippen LogP contribution in [0.15, 0.2) is 54.6 Å². The number of rotatable bonds is 8. The molecular formula is C23H25N3O3. The number of methoxy groups -OCH3 is 1. The van der Waals surface area contributed by atoms with Gasteiger partial charge in [0.1, 0.15) is 17.3 Å². The SMILES string of the molecule is COc1ccc(OCCCC(=O)Nc2c3c(nn2-c2ccccc2)CCC3)cc1. The van der Waals surface area contributed by atoms with Crippen LogP contribution in [0.2, 0.25) is 0 Å². The Bertz CT molecular complexity index is 965. The lowest BCUT2D eigenvalue weighted by Gasteiger charge is -2.11. The summed E-state index contributed by atoms with van der Waals surface area (Å²) in [5, 5.41) is 7.82. The molecule has 0 radical (unpaired) electrons. The van der Waals surface area contributed by atoms with Gasteiger partial charge in [-0.1, -0.05) is 18.2 Å². The lowest BCUT2D eigenvalue weighted by atomic mass is 10.2. The molecule has 1 aliphatic carbocycles. The summed E-state index contributed by atoms with van der Waals surface area (Å²) in [6, 6.07) is 17.4. The van der Waals surface area contributed by atoms with Crippen LogP contribution >= 0.6 is 0 Å². The number of carbonyl (C=O) groups is 1. The van der Waals surface area contributed by atoms with Gasteiger partial charge in [-0.3, -0.25) is 4.79 Å². The number of anilines is 1. The van der Waals surface area contributed by atoms with E-state index in [1.165, 1.54) is 0 Å². The molecule has 0 saturated heterocycles. The molecule has 4 rings (SSSR count). The number of carbonyl (C=O) groups excluding carboxylic acids is 1. The van der Waals surface area contributed by atoms with Crippen molar-refractivity contribution in [3.05, 3.63) is 65.9 Å². The predicted molar refractivity (Wildman–Crippen MR) is 112 cm³/mol. The van der Waals surface area contributed by atoms with E-state index in [-0.39, 0.29) is 5.91 Å². The normalized spacial score (nSPS) is 12.4. The summed E-state index contributed by atoms with van der Waals surface area (Å²) >= 11 is 0. The van der Waals surface area contributed by atoms with E-state index in [1.807, 2.05) is 59.3 Å². The van der Waals surface area contributed by atoms with Crippen LogP contribution in [0, 0.1) is 0 Å². The van der Waals surface area contributed by atoms with Gasteiger partial charge in [0, 0.05) is 12.0 Å². The van der Waals surface area contributed by atoms with Gasteiger partial charge in [0.05, 0.1) is 25.1 Å². The fourth-order valence-electron chi connectivity index (χ4n) is 3.57. The number of amides is 1. The number of ether oxygens (including phenoxy) is 2. The van der Waals surface area contributed by atoms with Crippen molar-refractivity contribution >= 4 is 11.7 Å². The number of aryl methyl sites for hydroxylation is 1. The first-order chi connectivity index (χ1) is 14.2. The largest absolute Gasteiger partial charge is 0.497 e. The van der Waals surface area contributed by atoms with Gasteiger partial charge in [-0.15, -0.1) is 0 Å². The fourth-order valence-corrected chi connectivity index (χ4v) is 3.57. The van der Waals surface area contributed by atoms with E-state index in [2.05, 4.69) is 5.32 Å². The molecule has 0 saturated carbocycles. The molecule has 2 aromatic carbocycles. The van der Waals surface area contributed by atoms with Crippen molar-refractivity contribution in [3.63, 3.8) is 0 Å². The summed E-state index contributed by atoms with van der Waals surface area (Å²) < 4.78 is 12.7. The second kappa shape index (κ2) is 8.82. The summed E-state index contributed by atoms with van der Waals surface area (Å²) in [5.74, 6) is 2.35. The smallest absolute Gasteiger partial charge is 0.225 e. The van der Waals surface area contributed by atoms with E-state index in [9.17, 15) is 4.79 Å². The van der Waals surface area contributed by atoms with Gasteiger partial charge in [-0.2, -0.15) is 5.10 Å². The molecule has 29 heavy (non-hydrogen) atoms. The highest BCUT2D eigenvalue weighted by Gasteiger charge is 2.24. The molecule has 0 fully saturated rings. The molecule has 6 nitrogen and oxygen atoms in total. The van der Waals surface area contributed by atoms with Crippen molar-refractivity contribution in [1.29, 1.82) is 0 Å². The third-order valence-electron chi connectivity index (χ3n) is 5.04. The minimum atomic E-state index is -0.0184. The fraction of sp³-hybridized carbons (Fsp3) is 0.304. The number of benzene rings is 2. The average molecular weight is 391 g/mol. The van der Waals surface area contributed by atoms with Crippen LogP contribution in [0.25, 0.3) is 5.69 Å². The molecular weight excluding hydrogens is 366 g/mol. The Morgan fingerprint density at radius 2 is 1.83 bits per heavy atom. The van der Waals surface area contributed by atoms with Crippen LogP contribution in [0.3, 0.4) is 0 Å². The molecule has 1 heterocycles. The van der Waals surface area contributed by atoms with Crippen molar-refractivity contribution < 1.29 is 14.3 Å². The van der Waals surface area contributed by atoms with Crippen molar-refractivity contribution in [1.82, 2.24) is 9.78 Å². The molecule has 150 valence electrons. The van der Waals surface area contributed by atoms with Crippen LogP contribution < -0.4 is 14.8 Å². The van der Waals surface area contributed by atoms with Gasteiger partial charge in [0.15, 0.2) is 0 Å². The maximum atomic E-state index is 12.6. The van der Waals surface area contributed by atoms with Crippen molar-refractivity contribution in [2.45, 2.75) is 32.1 Å². The van der Waals surface area contributed by atoms with Crippen LogP contribution in [0.1, 0.15) is 30.5 Å². The van der Waals surface area contributed by atoms with Crippen molar-refractivity contribution in [3.8, 4) is 17.2 Å². The molecule has 0 bridgehead atoms. The zero-order valence-electron chi connectivity index (χ0n) is 16.6. The van der Waals surface area contributed by atoms with Crippen molar-refractivity contribution in [2.24, 2.45) is 0 Å². The van der Waals surface area contributed by atoms with E-state index >= 15 is 0 Å². The molecule has 1 aliphatic rings. The molecule has 0 unspecified atom stereocenters. The van der Waals surface area contributed by atoms with Gasteiger partial charge >= 0.3 is 0 Å². The van der Waals surface area contributed by atoms with E-state index in [0.29, 0.717) is 19.4 Å². The highest BCUT2D eigenvalue weighted by atomic mass is 16.5. The van der Waals surface area contributed by atoms with E-state index < -0.39 is 0 Å². The zero-order valence-corrected chi connectivity index (χ0v) is 16.6. The standard InChI is InChI=1S/C23H25N3O3/c1-28-18-12-14-19(15-13-18)29-16-6-11-22(27)24-23-20-9-5-10-21(20)25-26(23)17-7-3-2-4-8-17/h2-4,7-8,12-15H,5-6,9-11,16H2,1H3,(H,24,27). The van der Waals surface area contributed by atoms with Gasteiger partial charge in [0.2, 0.25) is 5.91 Å². The molecule has 3 aromatic rings. The molecule has 0 aliphatic heterocycles. The first kappa shape index (κ1) is 19.1. The highest BCUT2D eigenvalue weighted by Crippen LogP contribution is 2.31. The molecule has 1 amide bonds. The number of hydrogen-bond acceptors (Lipinski definition) is 4. The monoisotopic (exact) mass is 391 g/mol. The molecule has 0 atom stereocenters. The Morgan fingerprint density at radius 3 is 2.59 bits per heavy atom. The quantitative estimate of drug-likeness (QED) is 0.586. The summed E-state index contributed by atoms with van der Waals surface area (Å²) in [5.41, 5.74) is 3.21. The third-order valence-corrected chi connectivity index (χ3v) is 5.04. The Balaban J connectivity index is 1.35. The second-order valence-corrected chi connectivity index (χ2v) is 7.05. The maximum absolute atomic E-state index is 12.6. The zero-order chi connectivity index (χ0) is 20.1. The highest BCUT2D eigenvalue weighted by molar-refractivity contribution is 5.91. The van der Waals surface area contributed by atoms with E-state index in [0.717, 1.165) is 53.5 Å². The number of fused-ring (bicyclic) bond motifs is 1. The third kappa shape index (κ3) is 4.42. The number of nitrogens with zero attached hydrogens (tertiary/aromatic N) is 2. The first-order valence-electron chi connectivity index (χ1n) is 9.97. The Labute approximate surface area is 170 Å². The minimum absolute atomic E-state index is 0.0184. The second-order valence-electron chi connectivity index (χ2n) is 7.05. The molecule has 0 spiro atoms. The molecule has 1 N–H and O–H groups in total. The summed E-state index contributed by atoms with van der Waals surface area (Å²) in [7, 11) is 1.63. The maximum Gasteiger partial charge on any atom is 0.225 e. The van der Waals surface area contributed by atoms with Crippen LogP contribution in [0.5, 0.6) is 11.5 Å². The van der Waals surface area contributed by atoms with Crippen LogP contribution in [-0.2, 0) is 17.6 Å². The number of para-hydroxylation sites is 1. The van der Waals surface area contributed by atoms with Gasteiger partial charge in [-0.25, -0.2) is 4.68 Å². The van der Waals surface area contributed by atoms with Crippen LogP contribution in [-0.4, -0.2) is 29.4 Å². The van der Waals surface area contributed by atoms with Crippen LogP contribution in [0.4, 0.5) is 5.82 Å². The minimum Gasteiger partial charge on any atom is -0.497 e. The Kier molecular flexibility index (Phi) is 5.79. The number of aromatic nitrogens is 2. The Morgan fingerprint density at radius 1 is 1.07 bits per heavy atom. The van der Waals surface area contributed by atoms with Gasteiger partial charge in [-0.05, 0) is 62.1 Å². The number of nitrogens with one attached hydrogen (secondary N) is 1. The van der Waals surface area contributed by atoms with Gasteiger partial charge in [0.25, 0.3) is 0 Å². The predicted octanol–water partition coefficient (Wildman–Crippen LogP) is 4.17. The molecule has 6 heteroatoms. The summed E-state index contributed by atoms with van der Waals surface area (Å²) in [4.78, 5) is 12.6. The topological polar surface area (TPSA) is 65.4 Å². The van der Waals surface area contributed by atoms with E-state index in [4.69, 9.17) is 14.6 Å². The lowest BCUT2D eigenvalue weighted by molar-refractivity contribution is -0.116.